The number of pyridine rings is 1. The van der Waals surface area contributed by atoms with Crippen molar-refractivity contribution in [1.82, 2.24) is 4.98 Å². The van der Waals surface area contributed by atoms with Crippen LogP contribution in [0.25, 0.3) is 10.9 Å². The first-order valence-electron chi connectivity index (χ1n) is 8.33. The van der Waals surface area contributed by atoms with Gasteiger partial charge < -0.3 is 14.3 Å². The molecule has 4 nitrogen and oxygen atoms in total. The Labute approximate surface area is 147 Å². The van der Waals surface area contributed by atoms with Crippen LogP contribution in [0.3, 0.4) is 0 Å². The normalized spacial score (nSPS) is 10.9. The van der Waals surface area contributed by atoms with E-state index in [4.69, 9.17) is 9.47 Å². The highest BCUT2D eigenvalue weighted by Crippen LogP contribution is 2.29. The zero-order valence-electron chi connectivity index (χ0n) is 14.7. The summed E-state index contributed by atoms with van der Waals surface area (Å²) in [6.07, 6.45) is 1.46. The van der Waals surface area contributed by atoms with Gasteiger partial charge in [-0.05, 0) is 68.3 Å². The molecule has 1 heterocycles. The Morgan fingerprint density at radius 2 is 1.92 bits per heavy atom. The van der Waals surface area contributed by atoms with E-state index in [1.165, 1.54) is 0 Å². The van der Waals surface area contributed by atoms with Gasteiger partial charge in [0.05, 0.1) is 11.6 Å². The van der Waals surface area contributed by atoms with Crippen molar-refractivity contribution in [2.45, 2.75) is 33.3 Å². The summed E-state index contributed by atoms with van der Waals surface area (Å²) in [5, 5.41) is 0.990. The maximum atomic E-state index is 10.6. The molecule has 4 heteroatoms. The fourth-order valence-corrected chi connectivity index (χ4v) is 2.63. The van der Waals surface area contributed by atoms with Gasteiger partial charge in [-0.15, -0.1) is 0 Å². The molecular formula is C21H21NO3. The number of carbonyl (C=O) groups is 1. The number of benzene rings is 2. The molecule has 0 aliphatic heterocycles. The third kappa shape index (κ3) is 4.15. The molecule has 0 bridgehead atoms. The van der Waals surface area contributed by atoms with Crippen LogP contribution in [0.2, 0.25) is 0 Å². The molecule has 3 aromatic rings. The van der Waals surface area contributed by atoms with Crippen molar-refractivity contribution in [3.05, 3.63) is 59.7 Å². The van der Waals surface area contributed by atoms with Crippen LogP contribution in [-0.4, -0.2) is 17.4 Å². The summed E-state index contributed by atoms with van der Waals surface area (Å²) in [6.45, 7) is 5.98. The first-order chi connectivity index (χ1) is 12.0. The minimum atomic E-state index is 0.137. The van der Waals surface area contributed by atoms with E-state index in [1.807, 2.05) is 69.3 Å². The van der Waals surface area contributed by atoms with Crippen molar-refractivity contribution in [1.29, 1.82) is 0 Å². The standard InChI is InChI=1S/C21H21NO3/c1-14(2)24-18-6-8-20(15(3)12-18)25-21-9-5-17-13-16(10-11-23)4-7-19(17)22-21/h4-9,11-14H,10H2,1-3H3. The van der Waals surface area contributed by atoms with Gasteiger partial charge in [-0.2, -0.15) is 0 Å². The number of aryl methyl sites for hydroxylation is 1. The third-order valence-electron chi connectivity index (χ3n) is 3.78. The molecule has 128 valence electrons. The van der Waals surface area contributed by atoms with Crippen molar-refractivity contribution < 1.29 is 14.3 Å². The Bertz CT molecular complexity index is 903. The van der Waals surface area contributed by atoms with Gasteiger partial charge in [0.15, 0.2) is 0 Å². The van der Waals surface area contributed by atoms with E-state index in [2.05, 4.69) is 4.98 Å². The maximum Gasteiger partial charge on any atom is 0.219 e. The second-order valence-corrected chi connectivity index (χ2v) is 6.24. The molecule has 0 spiro atoms. The summed E-state index contributed by atoms with van der Waals surface area (Å²) in [4.78, 5) is 15.2. The van der Waals surface area contributed by atoms with Crippen molar-refractivity contribution in [2.75, 3.05) is 0 Å². The fourth-order valence-electron chi connectivity index (χ4n) is 2.63. The predicted octanol–water partition coefficient (Wildman–Crippen LogP) is 4.86. The van der Waals surface area contributed by atoms with Crippen molar-refractivity contribution in [3.63, 3.8) is 0 Å². The number of aldehydes is 1. The van der Waals surface area contributed by atoms with Crippen molar-refractivity contribution in [3.8, 4) is 17.4 Å². The Balaban J connectivity index is 1.82. The predicted molar refractivity (Wildman–Crippen MR) is 98.5 cm³/mol. The molecule has 3 rings (SSSR count). The van der Waals surface area contributed by atoms with E-state index in [9.17, 15) is 4.79 Å². The lowest BCUT2D eigenvalue weighted by atomic mass is 10.1. The van der Waals surface area contributed by atoms with Gasteiger partial charge >= 0.3 is 0 Å². The molecular weight excluding hydrogens is 314 g/mol. The van der Waals surface area contributed by atoms with Crippen LogP contribution in [-0.2, 0) is 11.2 Å². The molecule has 0 aliphatic carbocycles. The average molecular weight is 335 g/mol. The maximum absolute atomic E-state index is 10.6. The molecule has 0 amide bonds. The highest BCUT2D eigenvalue weighted by Gasteiger charge is 2.07. The lowest BCUT2D eigenvalue weighted by Gasteiger charge is -2.13. The number of hydrogen-bond acceptors (Lipinski definition) is 4. The largest absolute Gasteiger partial charge is 0.491 e. The lowest BCUT2D eigenvalue weighted by Crippen LogP contribution is -2.05. The SMILES string of the molecule is Cc1cc(OC(C)C)ccc1Oc1ccc2cc(CC=O)ccc2n1. The second-order valence-electron chi connectivity index (χ2n) is 6.24. The van der Waals surface area contributed by atoms with Crippen molar-refractivity contribution >= 4 is 17.2 Å². The molecule has 1 aromatic heterocycles. The molecule has 0 saturated carbocycles. The van der Waals surface area contributed by atoms with Gasteiger partial charge in [0, 0.05) is 17.9 Å². The number of ether oxygens (including phenoxy) is 2. The number of hydrogen-bond donors (Lipinski definition) is 0. The Hall–Kier alpha value is -2.88. The fraction of sp³-hybridized carbons (Fsp3) is 0.238. The summed E-state index contributed by atoms with van der Waals surface area (Å²) in [5.41, 5.74) is 2.81. The Kier molecular flexibility index (Phi) is 4.98. The van der Waals surface area contributed by atoms with Crippen LogP contribution in [0.5, 0.6) is 17.4 Å². The first kappa shape index (κ1) is 17.0. The van der Waals surface area contributed by atoms with E-state index in [0.717, 1.165) is 39.8 Å². The van der Waals surface area contributed by atoms with Crippen molar-refractivity contribution in [2.24, 2.45) is 0 Å². The van der Waals surface area contributed by atoms with E-state index in [1.54, 1.807) is 0 Å². The zero-order chi connectivity index (χ0) is 17.8. The molecule has 0 aliphatic rings. The van der Waals surface area contributed by atoms with Gasteiger partial charge in [-0.3, -0.25) is 0 Å². The molecule has 25 heavy (non-hydrogen) atoms. The van der Waals surface area contributed by atoms with Gasteiger partial charge in [0.1, 0.15) is 17.8 Å². The van der Waals surface area contributed by atoms with E-state index in [0.29, 0.717) is 12.3 Å². The molecule has 0 unspecified atom stereocenters. The molecule has 0 saturated heterocycles. The average Bonchev–Trinajstić information content (AvgIpc) is 2.57. The molecule has 0 fully saturated rings. The van der Waals surface area contributed by atoms with Gasteiger partial charge in [0.2, 0.25) is 5.88 Å². The summed E-state index contributed by atoms with van der Waals surface area (Å²) in [7, 11) is 0. The minimum absolute atomic E-state index is 0.137. The number of nitrogens with zero attached hydrogens (tertiary/aromatic N) is 1. The summed E-state index contributed by atoms with van der Waals surface area (Å²) in [6, 6.07) is 15.3. The van der Waals surface area contributed by atoms with Crippen LogP contribution in [0, 0.1) is 6.92 Å². The summed E-state index contributed by atoms with van der Waals surface area (Å²) < 4.78 is 11.6. The highest BCUT2D eigenvalue weighted by atomic mass is 16.5. The van der Waals surface area contributed by atoms with Gasteiger partial charge in [-0.25, -0.2) is 4.98 Å². The van der Waals surface area contributed by atoms with Crippen LogP contribution in [0.1, 0.15) is 25.0 Å². The van der Waals surface area contributed by atoms with E-state index in [-0.39, 0.29) is 6.10 Å². The summed E-state index contributed by atoms with van der Waals surface area (Å²) in [5.74, 6) is 2.12. The molecule has 2 aromatic carbocycles. The second kappa shape index (κ2) is 7.34. The number of fused-ring (bicyclic) bond motifs is 1. The van der Waals surface area contributed by atoms with E-state index >= 15 is 0 Å². The number of aromatic nitrogens is 1. The molecule has 0 N–H and O–H groups in total. The first-order valence-corrected chi connectivity index (χ1v) is 8.33. The topological polar surface area (TPSA) is 48.4 Å². The Morgan fingerprint density at radius 1 is 1.08 bits per heavy atom. The Morgan fingerprint density at radius 3 is 2.64 bits per heavy atom. The molecule has 0 atom stereocenters. The number of carbonyl (C=O) groups excluding carboxylic acids is 1. The summed E-state index contributed by atoms with van der Waals surface area (Å²) >= 11 is 0. The van der Waals surface area contributed by atoms with Gasteiger partial charge in [0.25, 0.3) is 0 Å². The lowest BCUT2D eigenvalue weighted by molar-refractivity contribution is -0.107. The van der Waals surface area contributed by atoms with Crippen LogP contribution in [0.15, 0.2) is 48.5 Å². The molecule has 0 radical (unpaired) electrons. The van der Waals surface area contributed by atoms with Crippen LogP contribution in [0.4, 0.5) is 0 Å². The quantitative estimate of drug-likeness (QED) is 0.603. The van der Waals surface area contributed by atoms with Crippen LogP contribution < -0.4 is 9.47 Å². The monoisotopic (exact) mass is 335 g/mol. The third-order valence-corrected chi connectivity index (χ3v) is 3.78. The minimum Gasteiger partial charge on any atom is -0.491 e. The van der Waals surface area contributed by atoms with E-state index < -0.39 is 0 Å². The highest BCUT2D eigenvalue weighted by molar-refractivity contribution is 5.80. The van der Waals surface area contributed by atoms with Gasteiger partial charge in [-0.1, -0.05) is 6.07 Å². The number of rotatable bonds is 6. The van der Waals surface area contributed by atoms with Crippen LogP contribution >= 0.6 is 0 Å². The zero-order valence-corrected chi connectivity index (χ0v) is 14.7. The smallest absolute Gasteiger partial charge is 0.219 e.